The minimum Gasteiger partial charge on any atom is -0.350 e. The minimum absolute atomic E-state index is 0.0784. The predicted octanol–water partition coefficient (Wildman–Crippen LogP) is 5.58. The van der Waals surface area contributed by atoms with Gasteiger partial charge in [0.15, 0.2) is 11.6 Å². The molecule has 29 heavy (non-hydrogen) atoms. The number of rotatable bonds is 4. The Labute approximate surface area is 169 Å². The van der Waals surface area contributed by atoms with Crippen LogP contribution in [0.25, 0.3) is 10.9 Å². The van der Waals surface area contributed by atoms with Gasteiger partial charge in [0.1, 0.15) is 5.69 Å². The topological polar surface area (TPSA) is 62.0 Å². The van der Waals surface area contributed by atoms with Crippen LogP contribution in [0.4, 0.5) is 14.5 Å². The fraction of sp³-hybridized carbons (Fsp3) is 0. The van der Waals surface area contributed by atoms with Gasteiger partial charge in [0.25, 0.3) is 5.91 Å². The summed E-state index contributed by atoms with van der Waals surface area (Å²) in [6.45, 7) is 0. The summed E-state index contributed by atoms with van der Waals surface area (Å²) < 4.78 is 26.7. The van der Waals surface area contributed by atoms with Crippen LogP contribution >= 0.6 is 11.6 Å². The molecule has 0 unspecified atom stereocenters. The zero-order valence-electron chi connectivity index (χ0n) is 14.8. The van der Waals surface area contributed by atoms with Crippen molar-refractivity contribution >= 4 is 39.9 Å². The lowest BCUT2D eigenvalue weighted by molar-refractivity contribution is 0.102. The third kappa shape index (κ3) is 3.62. The first-order chi connectivity index (χ1) is 13.9. The highest BCUT2D eigenvalue weighted by Gasteiger charge is 2.22. The van der Waals surface area contributed by atoms with Crippen molar-refractivity contribution in [3.05, 3.63) is 100 Å². The van der Waals surface area contributed by atoms with Crippen LogP contribution in [0.3, 0.4) is 0 Å². The molecule has 0 radical (unpaired) electrons. The molecule has 0 fully saturated rings. The number of benzene rings is 3. The van der Waals surface area contributed by atoms with E-state index in [0.29, 0.717) is 21.5 Å². The van der Waals surface area contributed by atoms with Crippen LogP contribution in [-0.4, -0.2) is 16.7 Å². The van der Waals surface area contributed by atoms with Crippen molar-refractivity contribution < 1.29 is 18.4 Å². The molecule has 0 spiro atoms. The Morgan fingerprint density at radius 2 is 1.62 bits per heavy atom. The molecule has 0 aliphatic rings. The molecule has 4 rings (SSSR count). The zero-order chi connectivity index (χ0) is 20.5. The first-order valence-corrected chi connectivity index (χ1v) is 8.99. The largest absolute Gasteiger partial charge is 0.350 e. The fourth-order valence-corrected chi connectivity index (χ4v) is 3.20. The number of fused-ring (bicyclic) bond motifs is 1. The highest BCUT2D eigenvalue weighted by Crippen LogP contribution is 2.31. The second-order valence-corrected chi connectivity index (χ2v) is 6.78. The van der Waals surface area contributed by atoms with Crippen LogP contribution in [-0.2, 0) is 0 Å². The Balaban J connectivity index is 1.80. The first kappa shape index (κ1) is 18.8. The number of carbonyl (C=O) groups excluding carboxylic acids is 2. The number of H-pyrrole nitrogens is 1. The van der Waals surface area contributed by atoms with Gasteiger partial charge in [0, 0.05) is 27.1 Å². The van der Waals surface area contributed by atoms with Gasteiger partial charge >= 0.3 is 0 Å². The normalized spacial score (nSPS) is 10.9. The zero-order valence-corrected chi connectivity index (χ0v) is 15.6. The Kier molecular flexibility index (Phi) is 4.86. The standard InChI is InChI=1S/C22H13ClF2N2O2/c23-14-7-8-15-18(11-14)26-20(21(28)12-4-2-1-3-5-12)19(15)27-22(29)13-6-9-16(24)17(25)10-13/h1-11,26H,(H,27,29). The van der Waals surface area contributed by atoms with Crippen LogP contribution in [0.2, 0.25) is 5.02 Å². The number of aromatic amines is 1. The third-order valence-electron chi connectivity index (χ3n) is 4.44. The molecule has 4 aromatic rings. The van der Waals surface area contributed by atoms with Crippen molar-refractivity contribution in [2.24, 2.45) is 0 Å². The average Bonchev–Trinajstić information content (AvgIpc) is 3.07. The lowest BCUT2D eigenvalue weighted by Gasteiger charge is -2.08. The van der Waals surface area contributed by atoms with E-state index in [9.17, 15) is 18.4 Å². The lowest BCUT2D eigenvalue weighted by atomic mass is 10.1. The molecule has 0 aliphatic heterocycles. The van der Waals surface area contributed by atoms with E-state index < -0.39 is 17.5 Å². The van der Waals surface area contributed by atoms with Gasteiger partial charge in [0.05, 0.1) is 5.69 Å². The van der Waals surface area contributed by atoms with Crippen molar-refractivity contribution in [3.63, 3.8) is 0 Å². The van der Waals surface area contributed by atoms with Crippen LogP contribution in [0.5, 0.6) is 0 Å². The van der Waals surface area contributed by atoms with Crippen molar-refractivity contribution in [3.8, 4) is 0 Å². The van der Waals surface area contributed by atoms with E-state index >= 15 is 0 Å². The predicted molar refractivity (Wildman–Crippen MR) is 107 cm³/mol. The van der Waals surface area contributed by atoms with Crippen LogP contribution in [0.1, 0.15) is 26.4 Å². The summed E-state index contributed by atoms with van der Waals surface area (Å²) in [5.74, 6) is -3.20. The van der Waals surface area contributed by atoms with Gasteiger partial charge in [-0.15, -0.1) is 0 Å². The second-order valence-electron chi connectivity index (χ2n) is 6.34. The van der Waals surface area contributed by atoms with Crippen molar-refractivity contribution in [2.45, 2.75) is 0 Å². The summed E-state index contributed by atoms with van der Waals surface area (Å²) in [7, 11) is 0. The van der Waals surface area contributed by atoms with E-state index in [2.05, 4.69) is 10.3 Å². The number of ketones is 1. The summed E-state index contributed by atoms with van der Waals surface area (Å²) >= 11 is 6.04. The van der Waals surface area contributed by atoms with Crippen molar-refractivity contribution in [2.75, 3.05) is 5.32 Å². The quantitative estimate of drug-likeness (QED) is 0.431. The molecule has 1 heterocycles. The highest BCUT2D eigenvalue weighted by atomic mass is 35.5. The Hall–Kier alpha value is -3.51. The SMILES string of the molecule is O=C(Nc1c(C(=O)c2ccccc2)[nH]c2cc(Cl)ccc12)c1ccc(F)c(F)c1. The summed E-state index contributed by atoms with van der Waals surface area (Å²) in [4.78, 5) is 28.7. The number of aromatic nitrogens is 1. The number of anilines is 1. The van der Waals surface area contributed by atoms with E-state index in [1.54, 1.807) is 48.5 Å². The number of nitrogens with one attached hydrogen (secondary N) is 2. The molecule has 0 saturated carbocycles. The van der Waals surface area contributed by atoms with Crippen molar-refractivity contribution in [1.29, 1.82) is 0 Å². The second kappa shape index (κ2) is 7.48. The average molecular weight is 411 g/mol. The first-order valence-electron chi connectivity index (χ1n) is 8.61. The van der Waals surface area contributed by atoms with Gasteiger partial charge in [-0.3, -0.25) is 9.59 Å². The van der Waals surface area contributed by atoms with Gasteiger partial charge in [-0.2, -0.15) is 0 Å². The van der Waals surface area contributed by atoms with Crippen molar-refractivity contribution in [1.82, 2.24) is 4.98 Å². The monoisotopic (exact) mass is 410 g/mol. The number of halogens is 3. The smallest absolute Gasteiger partial charge is 0.255 e. The maximum absolute atomic E-state index is 13.5. The maximum atomic E-state index is 13.5. The van der Waals surface area contributed by atoms with E-state index in [-0.39, 0.29) is 22.7 Å². The molecule has 1 amide bonds. The molecule has 0 aliphatic carbocycles. The van der Waals surface area contributed by atoms with Crippen LogP contribution < -0.4 is 5.32 Å². The van der Waals surface area contributed by atoms with E-state index in [4.69, 9.17) is 11.6 Å². The van der Waals surface area contributed by atoms with Gasteiger partial charge in [-0.1, -0.05) is 41.9 Å². The summed E-state index contributed by atoms with van der Waals surface area (Å²) in [5, 5.41) is 3.66. The number of carbonyl (C=O) groups is 2. The molecular formula is C22H13ClF2N2O2. The molecule has 3 aromatic carbocycles. The third-order valence-corrected chi connectivity index (χ3v) is 4.68. The Morgan fingerprint density at radius 3 is 2.34 bits per heavy atom. The molecular weight excluding hydrogens is 398 g/mol. The van der Waals surface area contributed by atoms with Gasteiger partial charge in [0.2, 0.25) is 5.78 Å². The van der Waals surface area contributed by atoms with Gasteiger partial charge < -0.3 is 10.3 Å². The fourth-order valence-electron chi connectivity index (χ4n) is 3.03. The Bertz CT molecular complexity index is 1250. The molecule has 7 heteroatoms. The number of hydrogen-bond donors (Lipinski definition) is 2. The van der Waals surface area contributed by atoms with E-state index in [1.807, 2.05) is 0 Å². The molecule has 1 aromatic heterocycles. The number of hydrogen-bond acceptors (Lipinski definition) is 2. The Morgan fingerprint density at radius 1 is 0.862 bits per heavy atom. The maximum Gasteiger partial charge on any atom is 0.255 e. The molecule has 0 atom stereocenters. The summed E-state index contributed by atoms with van der Waals surface area (Å²) in [5.41, 5.74) is 1.29. The molecule has 2 N–H and O–H groups in total. The highest BCUT2D eigenvalue weighted by molar-refractivity contribution is 6.31. The summed E-state index contributed by atoms with van der Waals surface area (Å²) in [6, 6.07) is 16.3. The van der Waals surface area contributed by atoms with Crippen LogP contribution in [0, 0.1) is 11.6 Å². The summed E-state index contributed by atoms with van der Waals surface area (Å²) in [6.07, 6.45) is 0. The van der Waals surface area contributed by atoms with Gasteiger partial charge in [-0.25, -0.2) is 8.78 Å². The molecule has 4 nitrogen and oxygen atoms in total. The molecule has 144 valence electrons. The number of amides is 1. The molecule has 0 bridgehead atoms. The van der Waals surface area contributed by atoms with E-state index in [1.165, 1.54) is 0 Å². The lowest BCUT2D eigenvalue weighted by Crippen LogP contribution is -2.15. The van der Waals surface area contributed by atoms with E-state index in [0.717, 1.165) is 18.2 Å². The van der Waals surface area contributed by atoms with Crippen LogP contribution in [0.15, 0.2) is 66.7 Å². The van der Waals surface area contributed by atoms with Gasteiger partial charge in [-0.05, 0) is 36.4 Å². The molecule has 0 saturated heterocycles. The minimum atomic E-state index is -1.14.